The van der Waals surface area contributed by atoms with Crippen LogP contribution in [0.4, 0.5) is 4.79 Å². The summed E-state index contributed by atoms with van der Waals surface area (Å²) >= 11 is 0. The van der Waals surface area contributed by atoms with Gasteiger partial charge in [0.05, 0.1) is 12.0 Å². The van der Waals surface area contributed by atoms with Gasteiger partial charge in [0.15, 0.2) is 0 Å². The molecule has 0 aromatic heterocycles. The van der Waals surface area contributed by atoms with Crippen molar-refractivity contribution < 1.29 is 24.2 Å². The molecular weight excluding hydrogens is 420 g/mol. The van der Waals surface area contributed by atoms with E-state index >= 15 is 0 Å². The fourth-order valence-corrected chi connectivity index (χ4v) is 4.57. The molecule has 7 nitrogen and oxygen atoms in total. The minimum atomic E-state index is -0.882. The Morgan fingerprint density at radius 1 is 0.939 bits per heavy atom. The van der Waals surface area contributed by atoms with Crippen LogP contribution in [0.3, 0.4) is 0 Å². The highest BCUT2D eigenvalue weighted by Crippen LogP contribution is 2.44. The molecule has 1 saturated carbocycles. The Balaban J connectivity index is 1.12. The number of ether oxygens (including phenoxy) is 1. The van der Waals surface area contributed by atoms with Crippen LogP contribution in [0.5, 0.6) is 0 Å². The van der Waals surface area contributed by atoms with Gasteiger partial charge >= 0.3 is 12.1 Å². The standard InChI is InChI=1S/C26H30N2O5/c29-23(28-26(13-14-26)16-24(30)31)12-2-1-7-15-27-25(32)33-17-22-20-10-5-3-8-18(20)19-9-4-6-11-21(19)22/h3-6,8-11,22H,1-2,7,12-17H2,(H,27,32)(H,28,29)(H,30,31). The van der Waals surface area contributed by atoms with E-state index in [1.165, 1.54) is 22.3 Å². The van der Waals surface area contributed by atoms with Crippen LogP contribution in [0, 0.1) is 0 Å². The van der Waals surface area contributed by atoms with Gasteiger partial charge in [-0.2, -0.15) is 0 Å². The lowest BCUT2D eigenvalue weighted by molar-refractivity contribution is -0.138. The molecule has 0 saturated heterocycles. The number of hydrogen-bond donors (Lipinski definition) is 3. The number of carboxylic acids is 1. The lowest BCUT2D eigenvalue weighted by atomic mass is 9.98. The average Bonchev–Trinajstić information content (AvgIpc) is 3.46. The van der Waals surface area contributed by atoms with E-state index in [-0.39, 0.29) is 24.9 Å². The number of amides is 2. The first kappa shape index (κ1) is 22.8. The van der Waals surface area contributed by atoms with Crippen LogP contribution in [-0.2, 0) is 14.3 Å². The maximum Gasteiger partial charge on any atom is 0.407 e. The zero-order chi connectivity index (χ0) is 23.3. The summed E-state index contributed by atoms with van der Waals surface area (Å²) in [7, 11) is 0. The fraction of sp³-hybridized carbons (Fsp3) is 0.423. The normalized spacial score (nSPS) is 15.3. The van der Waals surface area contributed by atoms with Crippen molar-refractivity contribution in [2.45, 2.75) is 56.4 Å². The molecule has 0 unspecified atom stereocenters. The number of unbranched alkanes of at least 4 members (excludes halogenated alkanes) is 2. The summed E-state index contributed by atoms with van der Waals surface area (Å²) < 4.78 is 5.52. The minimum absolute atomic E-state index is 0.0111. The smallest absolute Gasteiger partial charge is 0.407 e. The van der Waals surface area contributed by atoms with E-state index in [2.05, 4.69) is 34.9 Å². The zero-order valence-corrected chi connectivity index (χ0v) is 18.6. The Morgan fingerprint density at radius 2 is 1.58 bits per heavy atom. The molecule has 2 aromatic rings. The lowest BCUT2D eigenvalue weighted by Crippen LogP contribution is -2.38. The molecule has 0 heterocycles. The number of carbonyl (C=O) groups is 3. The molecule has 0 radical (unpaired) electrons. The number of carbonyl (C=O) groups excluding carboxylic acids is 2. The summed E-state index contributed by atoms with van der Waals surface area (Å²) in [5.74, 6) is -0.942. The van der Waals surface area contributed by atoms with Gasteiger partial charge in [0.25, 0.3) is 0 Å². The summed E-state index contributed by atoms with van der Waals surface area (Å²) in [5.41, 5.74) is 4.24. The van der Waals surface area contributed by atoms with Crippen LogP contribution in [0.15, 0.2) is 48.5 Å². The summed E-state index contributed by atoms with van der Waals surface area (Å²) in [6.45, 7) is 0.777. The number of rotatable bonds is 11. The highest BCUT2D eigenvalue weighted by atomic mass is 16.5. The molecule has 0 bridgehead atoms. The number of alkyl carbamates (subject to hydrolysis) is 1. The van der Waals surface area contributed by atoms with Gasteiger partial charge in [-0.25, -0.2) is 4.79 Å². The van der Waals surface area contributed by atoms with E-state index in [4.69, 9.17) is 9.84 Å². The third kappa shape index (κ3) is 5.72. The van der Waals surface area contributed by atoms with Crippen molar-refractivity contribution in [3.05, 3.63) is 59.7 Å². The van der Waals surface area contributed by atoms with Crippen molar-refractivity contribution in [1.82, 2.24) is 10.6 Å². The van der Waals surface area contributed by atoms with E-state index in [0.29, 0.717) is 19.4 Å². The van der Waals surface area contributed by atoms with Gasteiger partial charge in [0.2, 0.25) is 5.91 Å². The SMILES string of the molecule is O=C(O)CC1(NC(=O)CCCCCNC(=O)OCC2c3ccccc3-c3ccccc32)CC1. The highest BCUT2D eigenvalue weighted by molar-refractivity contribution is 5.80. The molecule has 4 rings (SSSR count). The van der Waals surface area contributed by atoms with Crippen molar-refractivity contribution in [2.24, 2.45) is 0 Å². The van der Waals surface area contributed by atoms with E-state index in [0.717, 1.165) is 25.7 Å². The number of nitrogens with one attached hydrogen (secondary N) is 2. The van der Waals surface area contributed by atoms with Crippen molar-refractivity contribution >= 4 is 18.0 Å². The van der Waals surface area contributed by atoms with Gasteiger partial charge in [-0.05, 0) is 47.9 Å². The fourth-order valence-electron chi connectivity index (χ4n) is 4.57. The summed E-state index contributed by atoms with van der Waals surface area (Å²) in [5, 5.41) is 14.6. The van der Waals surface area contributed by atoms with Crippen molar-refractivity contribution in [3.63, 3.8) is 0 Å². The second-order valence-corrected chi connectivity index (χ2v) is 8.96. The molecule has 0 aliphatic heterocycles. The van der Waals surface area contributed by atoms with Crippen LogP contribution in [-0.4, -0.2) is 41.8 Å². The zero-order valence-electron chi connectivity index (χ0n) is 18.6. The molecule has 2 amide bonds. The largest absolute Gasteiger partial charge is 0.481 e. The minimum Gasteiger partial charge on any atom is -0.481 e. The predicted molar refractivity (Wildman–Crippen MR) is 124 cm³/mol. The number of benzene rings is 2. The number of aliphatic carboxylic acids is 1. The summed E-state index contributed by atoms with van der Waals surface area (Å²) in [6.07, 6.45) is 3.63. The quantitative estimate of drug-likeness (QED) is 0.445. The Labute approximate surface area is 193 Å². The molecule has 1 fully saturated rings. The Morgan fingerprint density at radius 3 is 2.18 bits per heavy atom. The third-order valence-electron chi connectivity index (χ3n) is 6.44. The molecule has 2 aromatic carbocycles. The number of fused-ring (bicyclic) bond motifs is 3. The van der Waals surface area contributed by atoms with Crippen LogP contribution in [0.2, 0.25) is 0 Å². The molecule has 0 spiro atoms. The van der Waals surface area contributed by atoms with Gasteiger partial charge < -0.3 is 20.5 Å². The van der Waals surface area contributed by atoms with Gasteiger partial charge in [-0.15, -0.1) is 0 Å². The van der Waals surface area contributed by atoms with Gasteiger partial charge in [0, 0.05) is 18.9 Å². The first-order valence-electron chi connectivity index (χ1n) is 11.6. The second-order valence-electron chi connectivity index (χ2n) is 8.96. The molecular formula is C26H30N2O5. The summed E-state index contributed by atoms with van der Waals surface area (Å²) in [4.78, 5) is 35.0. The van der Waals surface area contributed by atoms with Gasteiger partial charge in [0.1, 0.15) is 6.61 Å². The Kier molecular flexibility index (Phi) is 6.96. The van der Waals surface area contributed by atoms with Gasteiger partial charge in [-0.3, -0.25) is 9.59 Å². The van der Waals surface area contributed by atoms with Crippen molar-refractivity contribution in [1.29, 1.82) is 0 Å². The molecule has 7 heteroatoms. The first-order chi connectivity index (χ1) is 16.0. The van der Waals surface area contributed by atoms with Crippen LogP contribution in [0.1, 0.15) is 62.0 Å². The van der Waals surface area contributed by atoms with Crippen LogP contribution in [0.25, 0.3) is 11.1 Å². The van der Waals surface area contributed by atoms with Crippen LogP contribution < -0.4 is 10.6 Å². The highest BCUT2D eigenvalue weighted by Gasteiger charge is 2.45. The average molecular weight is 451 g/mol. The maximum atomic E-state index is 12.2. The molecule has 174 valence electrons. The van der Waals surface area contributed by atoms with Crippen molar-refractivity contribution in [2.75, 3.05) is 13.2 Å². The van der Waals surface area contributed by atoms with E-state index < -0.39 is 17.6 Å². The van der Waals surface area contributed by atoms with Crippen LogP contribution >= 0.6 is 0 Å². The molecule has 33 heavy (non-hydrogen) atoms. The van der Waals surface area contributed by atoms with E-state index in [9.17, 15) is 14.4 Å². The topological polar surface area (TPSA) is 105 Å². The molecule has 2 aliphatic rings. The monoisotopic (exact) mass is 450 g/mol. The summed E-state index contributed by atoms with van der Waals surface area (Å²) in [6, 6.07) is 16.4. The third-order valence-corrected chi connectivity index (χ3v) is 6.44. The van der Waals surface area contributed by atoms with E-state index in [1.807, 2.05) is 24.3 Å². The van der Waals surface area contributed by atoms with Gasteiger partial charge in [-0.1, -0.05) is 55.0 Å². The molecule has 0 atom stereocenters. The Bertz CT molecular complexity index is 985. The molecule has 3 N–H and O–H groups in total. The number of carboxylic acid groups (broad SMARTS) is 1. The lowest BCUT2D eigenvalue weighted by Gasteiger charge is -2.15. The Hall–Kier alpha value is -3.35. The second kappa shape index (κ2) is 10.1. The maximum absolute atomic E-state index is 12.2. The van der Waals surface area contributed by atoms with Crippen molar-refractivity contribution in [3.8, 4) is 11.1 Å². The predicted octanol–water partition coefficient (Wildman–Crippen LogP) is 4.21. The first-order valence-corrected chi connectivity index (χ1v) is 11.6. The molecule has 2 aliphatic carbocycles. The van der Waals surface area contributed by atoms with E-state index in [1.54, 1.807) is 0 Å². The number of hydrogen-bond acceptors (Lipinski definition) is 4.